The summed E-state index contributed by atoms with van der Waals surface area (Å²) in [4.78, 5) is 23.3. The minimum Gasteiger partial charge on any atom is -0.374 e. The predicted octanol–water partition coefficient (Wildman–Crippen LogP) is 13.7. The number of hydrogen-bond acceptors (Lipinski definition) is 6. The number of fused-ring (bicyclic) bond motifs is 8. The molecule has 8 nitrogen and oxygen atoms in total. The molecule has 0 aliphatic carbocycles. The SMILES string of the molecule is CCCCOC(C)c1c(C)c2cc3[nH]c(cc4nc(cc5nc(cc1[nH]2)C(C)=C5CCCN(CCCl)CCCl)C(CCCN(CCCl)CCCl)=C4C)c(C)c3C(C)OCCCC. The smallest absolute Gasteiger partial charge is 0.0820 e. The summed E-state index contributed by atoms with van der Waals surface area (Å²) in [5.74, 6) is 2.33. The van der Waals surface area contributed by atoms with Crippen molar-refractivity contribution in [2.45, 2.75) is 119 Å². The number of nitrogens with zero attached hydrogens (tertiary/aromatic N) is 4. The van der Waals surface area contributed by atoms with E-state index in [0.29, 0.717) is 36.7 Å². The Morgan fingerprint density at radius 2 is 0.903 bits per heavy atom. The van der Waals surface area contributed by atoms with Crippen molar-refractivity contribution < 1.29 is 9.47 Å². The number of ether oxygens (including phenoxy) is 2. The van der Waals surface area contributed by atoms with Gasteiger partial charge in [-0.15, -0.1) is 46.4 Å². The van der Waals surface area contributed by atoms with Crippen LogP contribution < -0.4 is 0 Å². The van der Waals surface area contributed by atoms with Crippen LogP contribution in [0.25, 0.3) is 44.4 Å². The van der Waals surface area contributed by atoms with Gasteiger partial charge >= 0.3 is 0 Å². The highest BCUT2D eigenvalue weighted by Gasteiger charge is 2.24. The molecular formula is C50H72Cl4N6O2. The van der Waals surface area contributed by atoms with E-state index in [4.69, 9.17) is 65.8 Å². The van der Waals surface area contributed by atoms with Gasteiger partial charge in [-0.05, 0) is 151 Å². The summed E-state index contributed by atoms with van der Waals surface area (Å²) < 4.78 is 13.0. The molecule has 0 fully saturated rings. The molecule has 0 amide bonds. The van der Waals surface area contributed by atoms with Crippen molar-refractivity contribution in [2.75, 3.05) is 76.0 Å². The zero-order valence-corrected chi connectivity index (χ0v) is 41.7. The van der Waals surface area contributed by atoms with Crippen LogP contribution in [-0.2, 0) is 9.47 Å². The van der Waals surface area contributed by atoms with Gasteiger partial charge in [0.15, 0.2) is 0 Å². The topological polar surface area (TPSA) is 82.3 Å². The predicted molar refractivity (Wildman–Crippen MR) is 268 cm³/mol. The standard InChI is InChI=1S/C50H72Cl4N6O2/c1-9-11-27-61-37(7)49-35(5)43-29-41-33(3)39(15-13-21-59(23-17-51)24-18-52)45(55-41)32-46-40(16-14-22-60(25-19-53)26-20-54)34(4)42(56-46)30-47-50(38(8)62-28-12-10-2)36(6)44(58-47)31-48(49)57-43/h29-32,37-38,57-58H,9-28H2,1-8H3. The molecule has 0 spiro atoms. The minimum absolute atomic E-state index is 0.105. The molecule has 2 aliphatic rings. The van der Waals surface area contributed by atoms with Gasteiger partial charge < -0.3 is 29.2 Å². The van der Waals surface area contributed by atoms with Crippen molar-refractivity contribution >= 4 is 90.8 Å². The van der Waals surface area contributed by atoms with E-state index in [-0.39, 0.29) is 12.2 Å². The quantitative estimate of drug-likeness (QED) is 0.0616. The molecule has 5 rings (SSSR count). The van der Waals surface area contributed by atoms with Gasteiger partial charge in [0, 0.05) is 96.1 Å². The van der Waals surface area contributed by atoms with Crippen LogP contribution in [0, 0.1) is 13.8 Å². The average molecular weight is 931 g/mol. The summed E-state index contributed by atoms with van der Waals surface area (Å²) in [5.41, 5.74) is 17.5. The Balaban J connectivity index is 1.79. The monoisotopic (exact) mass is 928 g/mol. The Kier molecular flexibility index (Phi) is 20.7. The molecule has 2 N–H and O–H groups in total. The number of aryl methyl sites for hydroxylation is 2. The summed E-state index contributed by atoms with van der Waals surface area (Å²) in [7, 11) is 0. The highest BCUT2D eigenvalue weighted by atomic mass is 35.5. The third kappa shape index (κ3) is 12.9. The Labute approximate surface area is 392 Å². The molecular weight excluding hydrogens is 858 g/mol. The summed E-state index contributed by atoms with van der Waals surface area (Å²) >= 11 is 24.8. The fourth-order valence-corrected chi connectivity index (χ4v) is 9.86. The largest absolute Gasteiger partial charge is 0.374 e. The molecule has 0 radical (unpaired) electrons. The first-order valence-electron chi connectivity index (χ1n) is 23.1. The average Bonchev–Trinajstić information content (AvgIpc) is 3.91. The zero-order chi connectivity index (χ0) is 44.8. The molecule has 3 aromatic rings. The van der Waals surface area contributed by atoms with Crippen molar-refractivity contribution in [3.8, 4) is 0 Å². The second-order valence-corrected chi connectivity index (χ2v) is 18.4. The lowest BCUT2D eigenvalue weighted by Crippen LogP contribution is -2.29. The normalized spacial score (nSPS) is 14.3. The van der Waals surface area contributed by atoms with Gasteiger partial charge in [-0.1, -0.05) is 26.7 Å². The van der Waals surface area contributed by atoms with E-state index in [1.807, 2.05) is 0 Å². The van der Waals surface area contributed by atoms with Crippen molar-refractivity contribution in [1.29, 1.82) is 0 Å². The van der Waals surface area contributed by atoms with Crippen LogP contribution in [0.15, 0.2) is 24.3 Å². The second kappa shape index (κ2) is 25.3. The molecule has 5 heterocycles. The molecule has 12 heteroatoms. The molecule has 0 saturated heterocycles. The molecule has 8 bridgehead atoms. The zero-order valence-electron chi connectivity index (χ0n) is 38.7. The number of unbranched alkanes of at least 4 members (excludes halogenated alkanes) is 2. The van der Waals surface area contributed by atoms with Gasteiger partial charge in [-0.2, -0.15) is 0 Å². The maximum Gasteiger partial charge on any atom is 0.0820 e. The van der Waals surface area contributed by atoms with Gasteiger partial charge in [-0.25, -0.2) is 9.97 Å². The van der Waals surface area contributed by atoms with Crippen LogP contribution in [0.2, 0.25) is 0 Å². The summed E-state index contributed by atoms with van der Waals surface area (Å²) in [6, 6.07) is 8.98. The molecule has 3 aromatic heterocycles. The third-order valence-corrected chi connectivity index (χ3v) is 13.3. The molecule has 2 aliphatic heterocycles. The lowest BCUT2D eigenvalue weighted by molar-refractivity contribution is 0.0642. The van der Waals surface area contributed by atoms with Crippen LogP contribution in [0.3, 0.4) is 0 Å². The minimum atomic E-state index is -0.115. The fourth-order valence-electron chi connectivity index (χ4n) is 8.91. The third-order valence-electron chi connectivity index (χ3n) is 12.6. The Bertz CT molecular complexity index is 2150. The highest BCUT2D eigenvalue weighted by Crippen LogP contribution is 2.39. The van der Waals surface area contributed by atoms with E-state index in [0.717, 1.165) is 147 Å². The van der Waals surface area contributed by atoms with E-state index < -0.39 is 0 Å². The first-order chi connectivity index (χ1) is 30.0. The molecule has 0 saturated carbocycles. The van der Waals surface area contributed by atoms with Crippen LogP contribution in [-0.4, -0.2) is 106 Å². The Hall–Kier alpha value is -2.40. The number of H-pyrrole nitrogens is 2. The van der Waals surface area contributed by atoms with Gasteiger partial charge in [0.05, 0.1) is 35.0 Å². The Morgan fingerprint density at radius 3 is 1.31 bits per heavy atom. The first-order valence-corrected chi connectivity index (χ1v) is 25.2. The fraction of sp³-hybridized carbons (Fsp3) is 0.600. The lowest BCUT2D eigenvalue weighted by atomic mass is 9.98. The number of allylic oxidation sites excluding steroid dienone is 4. The van der Waals surface area contributed by atoms with Gasteiger partial charge in [-0.3, -0.25) is 0 Å². The maximum absolute atomic E-state index is 6.52. The van der Waals surface area contributed by atoms with E-state index in [9.17, 15) is 0 Å². The van der Waals surface area contributed by atoms with Crippen molar-refractivity contribution in [1.82, 2.24) is 29.7 Å². The number of rotatable bonds is 26. The lowest BCUT2D eigenvalue weighted by Gasteiger charge is -2.20. The van der Waals surface area contributed by atoms with Gasteiger partial charge in [0.2, 0.25) is 0 Å². The number of hydrogen-bond donors (Lipinski definition) is 2. The Morgan fingerprint density at radius 1 is 0.516 bits per heavy atom. The van der Waals surface area contributed by atoms with E-state index in [2.05, 4.69) is 99.4 Å². The number of halogens is 4. The van der Waals surface area contributed by atoms with Crippen molar-refractivity contribution in [3.05, 3.63) is 69.3 Å². The van der Waals surface area contributed by atoms with Crippen LogP contribution in [0.1, 0.15) is 150 Å². The van der Waals surface area contributed by atoms with E-state index >= 15 is 0 Å². The molecule has 342 valence electrons. The molecule has 62 heavy (non-hydrogen) atoms. The number of alkyl halides is 4. The van der Waals surface area contributed by atoms with Crippen LogP contribution >= 0.6 is 46.4 Å². The first kappa shape index (κ1) is 50.6. The van der Waals surface area contributed by atoms with Crippen molar-refractivity contribution in [3.63, 3.8) is 0 Å². The number of nitrogens with one attached hydrogen (secondary N) is 2. The number of aromatic nitrogens is 4. The summed E-state index contributed by atoms with van der Waals surface area (Å²) in [6.45, 7) is 24.1. The van der Waals surface area contributed by atoms with E-state index in [1.54, 1.807) is 0 Å². The molecule has 0 aromatic carbocycles. The molecule has 2 unspecified atom stereocenters. The summed E-state index contributed by atoms with van der Waals surface area (Å²) in [5, 5.41) is 0. The van der Waals surface area contributed by atoms with Crippen LogP contribution in [0.4, 0.5) is 0 Å². The van der Waals surface area contributed by atoms with Gasteiger partial charge in [0.25, 0.3) is 0 Å². The number of aromatic amines is 2. The summed E-state index contributed by atoms with van der Waals surface area (Å²) in [6.07, 6.45) is 7.66. The maximum atomic E-state index is 6.52. The van der Waals surface area contributed by atoms with Crippen LogP contribution in [0.5, 0.6) is 0 Å². The molecule has 2 atom stereocenters. The van der Waals surface area contributed by atoms with E-state index in [1.165, 1.54) is 33.4 Å². The van der Waals surface area contributed by atoms with Crippen molar-refractivity contribution in [2.24, 2.45) is 0 Å². The second-order valence-electron chi connectivity index (χ2n) is 16.9. The van der Waals surface area contributed by atoms with Gasteiger partial charge in [0.1, 0.15) is 0 Å². The highest BCUT2D eigenvalue weighted by molar-refractivity contribution is 6.18.